The van der Waals surface area contributed by atoms with Gasteiger partial charge in [0, 0.05) is 18.0 Å². The number of carbonyl (C=O) groups is 2. The summed E-state index contributed by atoms with van der Waals surface area (Å²) in [6.07, 6.45) is 2.61. The first-order valence-corrected chi connectivity index (χ1v) is 7.11. The van der Waals surface area contributed by atoms with Crippen LogP contribution in [-0.4, -0.2) is 43.8 Å². The van der Waals surface area contributed by atoms with Crippen LogP contribution in [0.1, 0.15) is 17.5 Å². The summed E-state index contributed by atoms with van der Waals surface area (Å²) in [5, 5.41) is 11.2. The van der Waals surface area contributed by atoms with Gasteiger partial charge in [0.15, 0.2) is 0 Å². The lowest BCUT2D eigenvalue weighted by atomic mass is 10.1. The molecule has 7 nitrogen and oxygen atoms in total. The van der Waals surface area contributed by atoms with Gasteiger partial charge in [-0.3, -0.25) is 4.79 Å². The Kier molecular flexibility index (Phi) is 4.30. The zero-order valence-electron chi connectivity index (χ0n) is 9.18. The van der Waals surface area contributed by atoms with Gasteiger partial charge in [0.1, 0.15) is 41.5 Å². The molecular weight excluding hydrogens is 278 g/mol. The summed E-state index contributed by atoms with van der Waals surface area (Å²) in [6, 6.07) is -0.969. The normalized spacial score (nSPS) is 29.1. The molecule has 2 heterocycles. The van der Waals surface area contributed by atoms with Crippen LogP contribution in [0.3, 0.4) is 0 Å². The molecule has 0 aromatic carbocycles. The molecule has 1 aliphatic heterocycles. The van der Waals surface area contributed by atoms with E-state index in [0.717, 1.165) is 9.31 Å². The van der Waals surface area contributed by atoms with Crippen molar-refractivity contribution in [1.82, 2.24) is 14.0 Å². The van der Waals surface area contributed by atoms with Gasteiger partial charge in [0.25, 0.3) is 0 Å². The van der Waals surface area contributed by atoms with Crippen LogP contribution in [0, 0.1) is 0 Å². The van der Waals surface area contributed by atoms with Crippen molar-refractivity contribution in [1.29, 1.82) is 0 Å². The van der Waals surface area contributed by atoms with E-state index in [-0.39, 0.29) is 6.04 Å². The Morgan fingerprint density at radius 2 is 2.61 bits per heavy atom. The van der Waals surface area contributed by atoms with Crippen molar-refractivity contribution in [3.63, 3.8) is 0 Å². The van der Waals surface area contributed by atoms with Crippen molar-refractivity contribution in [2.75, 3.05) is 6.54 Å². The van der Waals surface area contributed by atoms with Crippen molar-refractivity contribution in [3.05, 3.63) is 16.6 Å². The van der Waals surface area contributed by atoms with Gasteiger partial charge in [0.2, 0.25) is 0 Å². The Morgan fingerprint density at radius 1 is 1.83 bits per heavy atom. The zero-order chi connectivity index (χ0) is 13.1. The number of aldehydes is 1. The Bertz CT molecular complexity index is 427. The molecule has 2 rings (SSSR count). The number of thiazole rings is 1. The molecule has 0 aliphatic carbocycles. The van der Waals surface area contributed by atoms with Crippen LogP contribution in [0.25, 0.3) is 0 Å². The van der Waals surface area contributed by atoms with Crippen LogP contribution < -0.4 is 4.72 Å². The summed E-state index contributed by atoms with van der Waals surface area (Å²) in [4.78, 5) is 25.8. The number of aliphatic carboxylic acids is 1. The smallest absolute Gasteiger partial charge is 0.322 e. The van der Waals surface area contributed by atoms with E-state index in [0.29, 0.717) is 12.7 Å². The number of nitrogens with one attached hydrogen (secondary N) is 1. The highest BCUT2D eigenvalue weighted by molar-refractivity contribution is 7.87. The van der Waals surface area contributed by atoms with Crippen molar-refractivity contribution in [2.45, 2.75) is 18.5 Å². The molecule has 0 radical (unpaired) electrons. The maximum absolute atomic E-state index is 11.9. The maximum atomic E-state index is 11.9. The third-order valence-corrected chi connectivity index (χ3v) is 4.70. The topological polar surface area (TPSA) is 106 Å². The van der Waals surface area contributed by atoms with Crippen molar-refractivity contribution >= 4 is 35.1 Å². The third-order valence-electron chi connectivity index (χ3n) is 2.50. The van der Waals surface area contributed by atoms with E-state index in [1.807, 2.05) is 0 Å². The van der Waals surface area contributed by atoms with Crippen LogP contribution in [0.4, 0.5) is 0 Å². The summed E-state index contributed by atoms with van der Waals surface area (Å²) in [5.41, 5.74) is 0. The Labute approximate surface area is 110 Å². The summed E-state index contributed by atoms with van der Waals surface area (Å²) in [6.45, 7) is -0.437. The fraction of sp³-hybridized carbons (Fsp3) is 0.444. The molecule has 98 valence electrons. The van der Waals surface area contributed by atoms with Crippen molar-refractivity contribution < 1.29 is 19.2 Å². The second-order valence-electron chi connectivity index (χ2n) is 3.70. The van der Waals surface area contributed by atoms with E-state index < -0.39 is 30.1 Å². The molecule has 0 bridgehead atoms. The quantitative estimate of drug-likeness (QED) is 0.579. The Balaban J connectivity index is 2.12. The number of hydrogen-bond acceptors (Lipinski definition) is 7. The van der Waals surface area contributed by atoms with Crippen LogP contribution in [0.5, 0.6) is 0 Å². The minimum Gasteiger partial charge on any atom is -0.579 e. The molecule has 1 aromatic heterocycles. The average molecular weight is 289 g/mol. The molecule has 2 N–H and O–H groups in total. The number of carboxylic acids is 1. The molecule has 1 saturated heterocycles. The minimum absolute atomic E-state index is 0.286. The Morgan fingerprint density at radius 3 is 3.17 bits per heavy atom. The first kappa shape index (κ1) is 13.4. The van der Waals surface area contributed by atoms with Crippen LogP contribution in [0.15, 0.2) is 11.6 Å². The van der Waals surface area contributed by atoms with Gasteiger partial charge in [-0.25, -0.2) is 4.98 Å². The number of hydrogen-bond donors (Lipinski definition) is 2. The lowest BCUT2D eigenvalue weighted by molar-refractivity contribution is -0.137. The van der Waals surface area contributed by atoms with Gasteiger partial charge in [0.05, 0.1) is 0 Å². The molecular formula is C9H11N3O4S2. The van der Waals surface area contributed by atoms with E-state index in [1.165, 1.54) is 11.3 Å². The second-order valence-corrected chi connectivity index (χ2v) is 5.83. The fourth-order valence-corrected chi connectivity index (χ4v) is 3.68. The number of carboxylic acid groups (broad SMARTS) is 1. The summed E-state index contributed by atoms with van der Waals surface area (Å²) in [5.74, 6) is -1.12. The maximum Gasteiger partial charge on any atom is 0.322 e. The molecule has 3 unspecified atom stereocenters. The van der Waals surface area contributed by atoms with E-state index in [4.69, 9.17) is 5.11 Å². The van der Waals surface area contributed by atoms with Gasteiger partial charge in [-0.05, 0) is 0 Å². The highest BCUT2D eigenvalue weighted by Gasteiger charge is 2.41. The van der Waals surface area contributed by atoms with E-state index >= 15 is 0 Å². The standard InChI is InChI=1S/C9H11N3O4S2/c13-5-6-3-7(9-10-1-2-17-9)11-18(16)12(6)4-8(14)15/h1-2,5-7,11H,3-4H2,(H,14,15). The highest BCUT2D eigenvalue weighted by atomic mass is 32.2. The first-order chi connectivity index (χ1) is 8.61. The van der Waals surface area contributed by atoms with E-state index in [1.54, 1.807) is 11.6 Å². The highest BCUT2D eigenvalue weighted by Crippen LogP contribution is 2.28. The first-order valence-electron chi connectivity index (χ1n) is 5.13. The Hall–Kier alpha value is -1.00. The molecule has 1 aliphatic rings. The van der Waals surface area contributed by atoms with Gasteiger partial charge < -0.3 is 14.5 Å². The predicted octanol–water partition coefficient (Wildman–Crippen LogP) is -0.290. The lowest BCUT2D eigenvalue weighted by Gasteiger charge is -2.34. The van der Waals surface area contributed by atoms with E-state index in [2.05, 4.69) is 9.71 Å². The molecule has 3 atom stereocenters. The molecule has 18 heavy (non-hydrogen) atoms. The number of rotatable bonds is 4. The SMILES string of the molecule is O=CC1CC(c2nccs2)N[S+]([O-])N1CC(=O)O. The predicted molar refractivity (Wildman–Crippen MR) is 64.9 cm³/mol. The van der Waals surface area contributed by atoms with Gasteiger partial charge >= 0.3 is 5.97 Å². The molecule has 9 heteroatoms. The summed E-state index contributed by atoms with van der Waals surface area (Å²) < 4.78 is 15.8. The van der Waals surface area contributed by atoms with Gasteiger partial charge in [-0.2, -0.15) is 0 Å². The molecule has 0 saturated carbocycles. The fourth-order valence-electron chi connectivity index (χ4n) is 1.71. The van der Waals surface area contributed by atoms with Crippen molar-refractivity contribution in [2.24, 2.45) is 0 Å². The van der Waals surface area contributed by atoms with Gasteiger partial charge in [-0.15, -0.1) is 16.1 Å². The largest absolute Gasteiger partial charge is 0.579 e. The number of nitrogens with zero attached hydrogens (tertiary/aromatic N) is 2. The zero-order valence-corrected chi connectivity index (χ0v) is 10.8. The molecule has 1 fully saturated rings. The van der Waals surface area contributed by atoms with Crippen LogP contribution >= 0.6 is 11.3 Å². The molecule has 0 amide bonds. The van der Waals surface area contributed by atoms with Gasteiger partial charge in [-0.1, -0.05) is 4.31 Å². The lowest BCUT2D eigenvalue weighted by Crippen LogP contribution is -2.55. The number of aromatic nitrogens is 1. The number of carbonyl (C=O) groups excluding carboxylic acids is 1. The average Bonchev–Trinajstić information content (AvgIpc) is 2.84. The van der Waals surface area contributed by atoms with Crippen molar-refractivity contribution in [3.8, 4) is 0 Å². The second kappa shape index (κ2) is 5.76. The summed E-state index contributed by atoms with van der Waals surface area (Å²) >= 11 is -0.305. The van der Waals surface area contributed by atoms with E-state index in [9.17, 15) is 14.1 Å². The third kappa shape index (κ3) is 2.87. The minimum atomic E-state index is -1.71. The summed E-state index contributed by atoms with van der Waals surface area (Å²) in [7, 11) is 0. The molecule has 1 aromatic rings. The van der Waals surface area contributed by atoms with Crippen LogP contribution in [0.2, 0.25) is 0 Å². The monoisotopic (exact) mass is 289 g/mol. The molecule has 0 spiro atoms. The van der Waals surface area contributed by atoms with Crippen LogP contribution in [-0.2, 0) is 21.1 Å².